The smallest absolute Gasteiger partial charge is 0.255 e. The van der Waals surface area contributed by atoms with Gasteiger partial charge in [0.15, 0.2) is 5.60 Å². The van der Waals surface area contributed by atoms with Crippen LogP contribution in [0.15, 0.2) is 36.5 Å². The van der Waals surface area contributed by atoms with Gasteiger partial charge >= 0.3 is 0 Å². The van der Waals surface area contributed by atoms with E-state index in [4.69, 9.17) is 4.74 Å². The molecule has 6 nitrogen and oxygen atoms in total. The Morgan fingerprint density at radius 3 is 2.96 bits per heavy atom. The third-order valence-electron chi connectivity index (χ3n) is 4.96. The van der Waals surface area contributed by atoms with Crippen LogP contribution in [0.1, 0.15) is 18.4 Å². The Balaban J connectivity index is 1.70. The van der Waals surface area contributed by atoms with Crippen molar-refractivity contribution in [3.05, 3.63) is 42.1 Å². The zero-order valence-corrected chi connectivity index (χ0v) is 15.5. The van der Waals surface area contributed by atoms with E-state index < -0.39 is 5.60 Å². The molecule has 1 aromatic carbocycles. The van der Waals surface area contributed by atoms with Crippen LogP contribution in [0.5, 0.6) is 0 Å². The van der Waals surface area contributed by atoms with Crippen molar-refractivity contribution in [2.45, 2.75) is 25.0 Å². The number of aliphatic hydroxyl groups is 1. The highest BCUT2D eigenvalue weighted by molar-refractivity contribution is 5.86. The molecule has 2 aromatic rings. The molecule has 1 N–H and O–H groups in total. The number of amides is 1. The summed E-state index contributed by atoms with van der Waals surface area (Å²) in [5.41, 5.74) is 0.720. The van der Waals surface area contributed by atoms with E-state index in [9.17, 15) is 9.90 Å². The van der Waals surface area contributed by atoms with Gasteiger partial charge in [-0.05, 0) is 31.5 Å². The van der Waals surface area contributed by atoms with Gasteiger partial charge in [-0.2, -0.15) is 0 Å². The molecule has 0 unspecified atom stereocenters. The average Bonchev–Trinajstić information content (AvgIpc) is 2.63. The largest absolute Gasteiger partial charge is 0.383 e. The lowest BCUT2D eigenvalue weighted by Gasteiger charge is -2.40. The molecule has 1 atom stereocenters. The molecule has 1 aliphatic heterocycles. The van der Waals surface area contributed by atoms with E-state index in [0.29, 0.717) is 39.2 Å². The number of carbonyl (C=O) groups is 1. The maximum atomic E-state index is 12.7. The number of pyridine rings is 1. The van der Waals surface area contributed by atoms with Crippen LogP contribution < -0.4 is 0 Å². The predicted molar refractivity (Wildman–Crippen MR) is 101 cm³/mol. The fraction of sp³-hybridized carbons (Fsp3) is 0.500. The monoisotopic (exact) mass is 357 g/mol. The third kappa shape index (κ3) is 4.03. The number of aromatic nitrogens is 1. The Morgan fingerprint density at radius 2 is 2.15 bits per heavy atom. The Hall–Kier alpha value is -2.02. The van der Waals surface area contributed by atoms with Crippen LogP contribution in [-0.2, 0) is 16.1 Å². The van der Waals surface area contributed by atoms with Crippen LogP contribution >= 0.6 is 0 Å². The minimum absolute atomic E-state index is 0.191. The van der Waals surface area contributed by atoms with E-state index in [1.165, 1.54) is 0 Å². The first-order valence-corrected chi connectivity index (χ1v) is 9.05. The minimum atomic E-state index is -1.33. The number of carbonyl (C=O) groups excluding carboxylic acids is 1. The van der Waals surface area contributed by atoms with Gasteiger partial charge < -0.3 is 14.7 Å². The van der Waals surface area contributed by atoms with Gasteiger partial charge in [-0.1, -0.05) is 24.3 Å². The number of ether oxygens (including phenoxy) is 1. The third-order valence-corrected chi connectivity index (χ3v) is 4.96. The maximum absolute atomic E-state index is 12.7. The number of rotatable bonds is 7. The van der Waals surface area contributed by atoms with E-state index >= 15 is 0 Å². The Morgan fingerprint density at radius 1 is 1.35 bits per heavy atom. The summed E-state index contributed by atoms with van der Waals surface area (Å²) in [5.74, 6) is -0.191. The summed E-state index contributed by atoms with van der Waals surface area (Å²) >= 11 is 0. The lowest BCUT2D eigenvalue weighted by atomic mass is 9.91. The second-order valence-corrected chi connectivity index (χ2v) is 7.08. The molecule has 1 aromatic heterocycles. The number of para-hydroxylation sites is 1. The van der Waals surface area contributed by atoms with Crippen LogP contribution in [-0.4, -0.2) is 71.8 Å². The number of likely N-dealkylation sites (N-methyl/N-ethyl adjacent to an activating group) is 1. The number of nitrogens with zero attached hydrogens (tertiary/aromatic N) is 3. The van der Waals surface area contributed by atoms with E-state index in [1.807, 2.05) is 42.3 Å². The molecular weight excluding hydrogens is 330 g/mol. The van der Waals surface area contributed by atoms with Crippen molar-refractivity contribution in [2.24, 2.45) is 0 Å². The van der Waals surface area contributed by atoms with Gasteiger partial charge in [0.05, 0.1) is 12.1 Å². The summed E-state index contributed by atoms with van der Waals surface area (Å²) in [6, 6.07) is 10.1. The van der Waals surface area contributed by atoms with Gasteiger partial charge in [-0.15, -0.1) is 0 Å². The zero-order chi connectivity index (χ0) is 18.6. The van der Waals surface area contributed by atoms with Crippen LogP contribution in [0.2, 0.25) is 0 Å². The molecule has 0 bridgehead atoms. The summed E-state index contributed by atoms with van der Waals surface area (Å²) in [7, 11) is 3.55. The molecule has 0 radical (unpaired) electrons. The number of benzene rings is 1. The first kappa shape index (κ1) is 18.8. The summed E-state index contributed by atoms with van der Waals surface area (Å²) in [6.07, 6.45) is 3.08. The van der Waals surface area contributed by atoms with Gasteiger partial charge in [0.25, 0.3) is 5.91 Å². The van der Waals surface area contributed by atoms with Gasteiger partial charge in [-0.25, -0.2) is 0 Å². The lowest BCUT2D eigenvalue weighted by molar-refractivity contribution is -0.159. The molecule has 1 amide bonds. The van der Waals surface area contributed by atoms with Gasteiger partial charge in [0, 0.05) is 44.9 Å². The summed E-state index contributed by atoms with van der Waals surface area (Å²) in [5, 5.41) is 12.1. The topological polar surface area (TPSA) is 65.9 Å². The maximum Gasteiger partial charge on any atom is 0.255 e. The highest BCUT2D eigenvalue weighted by atomic mass is 16.5. The SMILES string of the molecule is COCCN1CCC[C@@](O)(CN(C)Cc2cccc3cccnc23)C1=O. The number of fused-ring (bicyclic) bond motifs is 1. The second-order valence-electron chi connectivity index (χ2n) is 7.08. The van der Waals surface area contributed by atoms with Gasteiger partial charge in [0.2, 0.25) is 0 Å². The lowest BCUT2D eigenvalue weighted by Crippen LogP contribution is -2.58. The fourth-order valence-electron chi connectivity index (χ4n) is 3.71. The summed E-state index contributed by atoms with van der Waals surface area (Å²) < 4.78 is 5.07. The van der Waals surface area contributed by atoms with Crippen LogP contribution in [0.4, 0.5) is 0 Å². The van der Waals surface area contributed by atoms with E-state index in [-0.39, 0.29) is 5.91 Å². The Bertz CT molecular complexity index is 762. The number of piperidine rings is 1. The normalized spacial score (nSPS) is 20.9. The first-order chi connectivity index (χ1) is 12.5. The highest BCUT2D eigenvalue weighted by Crippen LogP contribution is 2.25. The number of methoxy groups -OCH3 is 1. The zero-order valence-electron chi connectivity index (χ0n) is 15.5. The van der Waals surface area contributed by atoms with Gasteiger partial charge in [0.1, 0.15) is 0 Å². The minimum Gasteiger partial charge on any atom is -0.383 e. The van der Waals surface area contributed by atoms with Crippen LogP contribution in [0, 0.1) is 0 Å². The fourth-order valence-corrected chi connectivity index (χ4v) is 3.71. The molecule has 0 saturated carbocycles. The van der Waals surface area contributed by atoms with Crippen molar-refractivity contribution in [3.8, 4) is 0 Å². The van der Waals surface area contributed by atoms with Crippen molar-refractivity contribution in [2.75, 3.05) is 40.4 Å². The molecule has 1 aliphatic rings. The molecule has 0 aliphatic carbocycles. The molecule has 1 saturated heterocycles. The quantitative estimate of drug-likeness (QED) is 0.816. The van der Waals surface area contributed by atoms with Crippen molar-refractivity contribution >= 4 is 16.8 Å². The van der Waals surface area contributed by atoms with Crippen LogP contribution in [0.3, 0.4) is 0 Å². The summed E-state index contributed by atoms with van der Waals surface area (Å²) in [4.78, 5) is 20.9. The van der Waals surface area contributed by atoms with Crippen molar-refractivity contribution in [3.63, 3.8) is 0 Å². The molecule has 3 rings (SSSR count). The molecule has 1 fully saturated rings. The second kappa shape index (κ2) is 8.12. The molecule has 140 valence electrons. The van der Waals surface area contributed by atoms with Crippen molar-refractivity contribution < 1.29 is 14.6 Å². The van der Waals surface area contributed by atoms with Gasteiger partial charge in [-0.3, -0.25) is 14.7 Å². The van der Waals surface area contributed by atoms with Crippen molar-refractivity contribution in [1.82, 2.24) is 14.8 Å². The van der Waals surface area contributed by atoms with Crippen LogP contribution in [0.25, 0.3) is 10.9 Å². The molecule has 2 heterocycles. The molecule has 0 spiro atoms. The first-order valence-electron chi connectivity index (χ1n) is 9.05. The highest BCUT2D eigenvalue weighted by Gasteiger charge is 2.42. The van der Waals surface area contributed by atoms with Crippen molar-refractivity contribution in [1.29, 1.82) is 0 Å². The number of hydrogen-bond donors (Lipinski definition) is 1. The Kier molecular flexibility index (Phi) is 5.86. The Labute approximate surface area is 154 Å². The molecule has 6 heteroatoms. The molecule has 26 heavy (non-hydrogen) atoms. The number of likely N-dealkylation sites (tertiary alicyclic amines) is 1. The predicted octanol–water partition coefficient (Wildman–Crippen LogP) is 1.67. The van der Waals surface area contributed by atoms with E-state index in [1.54, 1.807) is 18.2 Å². The number of hydrogen-bond acceptors (Lipinski definition) is 5. The standard InChI is InChI=1S/C20H27N3O3/c1-22(14-17-7-3-6-16-8-4-10-21-18(16)17)15-20(25)9-5-11-23(19(20)24)12-13-26-2/h3-4,6-8,10,25H,5,9,11-15H2,1-2H3/t20-/m1/s1. The van der Waals surface area contributed by atoms with E-state index in [2.05, 4.69) is 4.98 Å². The molecular formula is C20H27N3O3. The van der Waals surface area contributed by atoms with E-state index in [0.717, 1.165) is 22.9 Å². The average molecular weight is 357 g/mol. The summed E-state index contributed by atoms with van der Waals surface area (Å²) in [6.45, 7) is 2.62.